The van der Waals surface area contributed by atoms with E-state index in [-0.39, 0.29) is 23.9 Å². The number of anilines is 1. The van der Waals surface area contributed by atoms with Crippen LogP contribution in [0.5, 0.6) is 0 Å². The topological polar surface area (TPSA) is 64.0 Å². The average Bonchev–Trinajstić information content (AvgIpc) is 3.17. The molecule has 0 fully saturated rings. The maximum Gasteiger partial charge on any atom is 0.263 e. The fraction of sp³-hybridized carbons (Fsp3) is 0.240. The summed E-state index contributed by atoms with van der Waals surface area (Å²) in [6, 6.07) is 14.0. The van der Waals surface area contributed by atoms with E-state index in [1.165, 1.54) is 22.2 Å². The molecule has 158 valence electrons. The van der Waals surface area contributed by atoms with E-state index in [2.05, 4.69) is 24.1 Å². The monoisotopic (exact) mass is 431 g/mol. The van der Waals surface area contributed by atoms with E-state index in [0.717, 1.165) is 33.5 Å². The molecule has 4 aromatic rings. The number of carbonyl (C=O) groups excluding carboxylic acids is 1. The predicted octanol–water partition coefficient (Wildman–Crippen LogP) is 5.50. The maximum atomic E-state index is 13.2. The zero-order valence-electron chi connectivity index (χ0n) is 18.1. The Kier molecular flexibility index (Phi) is 5.74. The number of para-hydroxylation sites is 1. The molecule has 1 N–H and O–H groups in total. The number of fused-ring (bicyclic) bond motifs is 1. The number of benzene rings is 2. The Morgan fingerprint density at radius 1 is 1.13 bits per heavy atom. The molecule has 0 atom stereocenters. The largest absolute Gasteiger partial charge is 0.324 e. The summed E-state index contributed by atoms with van der Waals surface area (Å²) in [5.74, 6) is 0.0328. The third-order valence-electron chi connectivity index (χ3n) is 5.43. The minimum Gasteiger partial charge on any atom is -0.324 e. The highest BCUT2D eigenvalue weighted by molar-refractivity contribution is 7.17. The van der Waals surface area contributed by atoms with Crippen molar-refractivity contribution in [3.8, 4) is 11.1 Å². The lowest BCUT2D eigenvalue weighted by Gasteiger charge is -2.16. The van der Waals surface area contributed by atoms with Gasteiger partial charge >= 0.3 is 0 Å². The highest BCUT2D eigenvalue weighted by atomic mass is 32.1. The Labute approximate surface area is 185 Å². The Morgan fingerprint density at radius 2 is 1.87 bits per heavy atom. The Balaban J connectivity index is 1.66. The molecule has 6 heteroatoms. The maximum absolute atomic E-state index is 13.2. The summed E-state index contributed by atoms with van der Waals surface area (Å²) in [5, 5.41) is 5.52. The third kappa shape index (κ3) is 4.16. The van der Waals surface area contributed by atoms with Gasteiger partial charge in [-0.05, 0) is 36.5 Å². The summed E-state index contributed by atoms with van der Waals surface area (Å²) in [4.78, 5) is 31.2. The lowest BCUT2D eigenvalue weighted by atomic mass is 9.98. The summed E-state index contributed by atoms with van der Waals surface area (Å²) in [6.07, 6.45) is 1.46. The van der Waals surface area contributed by atoms with Crippen LogP contribution in [-0.2, 0) is 11.3 Å². The second-order valence-electron chi connectivity index (χ2n) is 8.12. The molecule has 0 spiro atoms. The molecule has 0 saturated heterocycles. The van der Waals surface area contributed by atoms with E-state index in [1.807, 2.05) is 61.7 Å². The second kappa shape index (κ2) is 8.47. The van der Waals surface area contributed by atoms with Crippen molar-refractivity contribution in [1.82, 2.24) is 9.55 Å². The number of nitrogens with one attached hydrogen (secondary N) is 1. The molecule has 2 aromatic carbocycles. The van der Waals surface area contributed by atoms with Gasteiger partial charge in [-0.3, -0.25) is 14.2 Å². The predicted molar refractivity (Wildman–Crippen MR) is 128 cm³/mol. The van der Waals surface area contributed by atoms with Gasteiger partial charge in [-0.2, -0.15) is 0 Å². The van der Waals surface area contributed by atoms with Crippen LogP contribution in [0.25, 0.3) is 21.3 Å². The number of thiophene rings is 1. The molecule has 2 heterocycles. The second-order valence-corrected chi connectivity index (χ2v) is 8.97. The molecule has 0 aliphatic carbocycles. The summed E-state index contributed by atoms with van der Waals surface area (Å²) in [5.41, 5.74) is 5.68. The average molecular weight is 432 g/mol. The standard InChI is InChI=1S/C25H25N3O2S/c1-15(2)19-7-5-6-17(4)23(19)27-21(29)12-28-14-26-24-22(25(28)30)20(13-31-24)18-10-8-16(3)9-11-18/h5-11,13-15H,12H2,1-4H3,(H,27,29). The minimum absolute atomic E-state index is 0.0865. The van der Waals surface area contributed by atoms with E-state index in [4.69, 9.17) is 0 Å². The zero-order valence-corrected chi connectivity index (χ0v) is 18.9. The van der Waals surface area contributed by atoms with E-state index in [9.17, 15) is 9.59 Å². The van der Waals surface area contributed by atoms with Crippen molar-refractivity contribution in [3.05, 3.63) is 81.2 Å². The number of aromatic nitrogens is 2. The van der Waals surface area contributed by atoms with Crippen molar-refractivity contribution >= 4 is 33.1 Å². The molecular formula is C25H25N3O2S. The third-order valence-corrected chi connectivity index (χ3v) is 6.32. The van der Waals surface area contributed by atoms with Gasteiger partial charge in [-0.1, -0.05) is 61.9 Å². The van der Waals surface area contributed by atoms with Gasteiger partial charge in [0.15, 0.2) is 0 Å². The molecule has 31 heavy (non-hydrogen) atoms. The van der Waals surface area contributed by atoms with Crippen molar-refractivity contribution in [3.63, 3.8) is 0 Å². The smallest absolute Gasteiger partial charge is 0.263 e. The summed E-state index contributed by atoms with van der Waals surface area (Å²) in [6.45, 7) is 8.10. The minimum atomic E-state index is -0.244. The molecule has 0 unspecified atom stereocenters. The first-order chi connectivity index (χ1) is 14.8. The molecule has 0 aliphatic rings. The zero-order chi connectivity index (χ0) is 22.1. The van der Waals surface area contributed by atoms with Gasteiger partial charge in [0.2, 0.25) is 5.91 Å². The van der Waals surface area contributed by atoms with Gasteiger partial charge in [0.05, 0.1) is 11.7 Å². The van der Waals surface area contributed by atoms with Crippen LogP contribution >= 0.6 is 11.3 Å². The highest BCUT2D eigenvalue weighted by Crippen LogP contribution is 2.31. The molecule has 2 aromatic heterocycles. The summed E-state index contributed by atoms with van der Waals surface area (Å²) < 4.78 is 1.38. The van der Waals surface area contributed by atoms with E-state index in [1.54, 1.807) is 0 Å². The van der Waals surface area contributed by atoms with Crippen LogP contribution in [0.3, 0.4) is 0 Å². The van der Waals surface area contributed by atoms with Crippen LogP contribution in [0.4, 0.5) is 5.69 Å². The van der Waals surface area contributed by atoms with E-state index in [0.29, 0.717) is 10.2 Å². The lowest BCUT2D eigenvalue weighted by molar-refractivity contribution is -0.116. The highest BCUT2D eigenvalue weighted by Gasteiger charge is 2.16. The molecular weight excluding hydrogens is 406 g/mol. The summed E-state index contributed by atoms with van der Waals surface area (Å²) >= 11 is 1.44. The van der Waals surface area contributed by atoms with Crippen molar-refractivity contribution in [2.45, 2.75) is 40.2 Å². The van der Waals surface area contributed by atoms with Crippen LogP contribution in [0.2, 0.25) is 0 Å². The van der Waals surface area contributed by atoms with Gasteiger partial charge < -0.3 is 5.32 Å². The van der Waals surface area contributed by atoms with Crippen molar-refractivity contribution < 1.29 is 4.79 Å². The van der Waals surface area contributed by atoms with Crippen molar-refractivity contribution in [1.29, 1.82) is 0 Å². The van der Waals surface area contributed by atoms with E-state index >= 15 is 0 Å². The number of hydrogen-bond donors (Lipinski definition) is 1. The summed E-state index contributed by atoms with van der Waals surface area (Å²) in [7, 11) is 0. The van der Waals surface area contributed by atoms with E-state index < -0.39 is 0 Å². The number of aryl methyl sites for hydroxylation is 2. The fourth-order valence-corrected chi connectivity index (χ4v) is 4.61. The Bertz CT molecular complexity index is 1320. The van der Waals surface area contributed by atoms with Crippen LogP contribution in [0.1, 0.15) is 36.5 Å². The van der Waals surface area contributed by atoms with Crippen molar-refractivity contribution in [2.75, 3.05) is 5.32 Å². The number of nitrogens with zero attached hydrogens (tertiary/aromatic N) is 2. The van der Waals surface area contributed by atoms with Gasteiger partial charge in [0, 0.05) is 16.6 Å². The Hall–Kier alpha value is -3.25. The lowest BCUT2D eigenvalue weighted by Crippen LogP contribution is -2.28. The number of amides is 1. The molecule has 0 saturated carbocycles. The van der Waals surface area contributed by atoms with Gasteiger partial charge in [0.1, 0.15) is 11.4 Å². The first-order valence-corrected chi connectivity index (χ1v) is 11.2. The van der Waals surface area contributed by atoms with Gasteiger partial charge in [-0.15, -0.1) is 11.3 Å². The first-order valence-electron chi connectivity index (χ1n) is 10.3. The molecule has 5 nitrogen and oxygen atoms in total. The van der Waals surface area contributed by atoms with Crippen LogP contribution < -0.4 is 10.9 Å². The molecule has 0 radical (unpaired) electrons. The van der Waals surface area contributed by atoms with Crippen LogP contribution in [0.15, 0.2) is 59.0 Å². The van der Waals surface area contributed by atoms with Crippen LogP contribution in [-0.4, -0.2) is 15.5 Å². The number of hydrogen-bond acceptors (Lipinski definition) is 4. The molecule has 1 amide bonds. The van der Waals surface area contributed by atoms with Gasteiger partial charge in [0.25, 0.3) is 5.56 Å². The van der Waals surface area contributed by atoms with Gasteiger partial charge in [-0.25, -0.2) is 4.98 Å². The number of carbonyl (C=O) groups is 1. The normalized spacial score (nSPS) is 11.3. The molecule has 0 bridgehead atoms. The number of rotatable bonds is 5. The Morgan fingerprint density at radius 3 is 2.58 bits per heavy atom. The van der Waals surface area contributed by atoms with Crippen LogP contribution in [0, 0.1) is 13.8 Å². The van der Waals surface area contributed by atoms with Crippen molar-refractivity contribution in [2.24, 2.45) is 0 Å². The molecule has 4 rings (SSSR count). The quantitative estimate of drug-likeness (QED) is 0.453. The fourth-order valence-electron chi connectivity index (χ4n) is 3.70. The molecule has 0 aliphatic heterocycles. The first kappa shape index (κ1) is 21.0. The SMILES string of the molecule is Cc1ccc(-c2csc3ncn(CC(=O)Nc4c(C)cccc4C(C)C)c(=O)c23)cc1.